The molecule has 0 aliphatic heterocycles. The van der Waals surface area contributed by atoms with E-state index in [9.17, 15) is 0 Å². The van der Waals surface area contributed by atoms with Crippen LogP contribution in [0.2, 0.25) is 0 Å². The van der Waals surface area contributed by atoms with Gasteiger partial charge in [0, 0.05) is 4.83 Å². The zero-order valence-corrected chi connectivity index (χ0v) is 14.2. The summed E-state index contributed by atoms with van der Waals surface area (Å²) in [4.78, 5) is 0.438. The second kappa shape index (κ2) is 6.23. The molecule has 0 radical (unpaired) electrons. The van der Waals surface area contributed by atoms with Crippen LogP contribution in [0.15, 0.2) is 42.5 Å². The van der Waals surface area contributed by atoms with Gasteiger partial charge in [0.1, 0.15) is 5.75 Å². The highest BCUT2D eigenvalue weighted by Crippen LogP contribution is 2.42. The summed E-state index contributed by atoms with van der Waals surface area (Å²) < 4.78 is 5.53. The summed E-state index contributed by atoms with van der Waals surface area (Å²) >= 11 is 3.94. The van der Waals surface area contributed by atoms with E-state index in [0.717, 1.165) is 12.2 Å². The van der Waals surface area contributed by atoms with E-state index in [1.165, 1.54) is 35.1 Å². The van der Waals surface area contributed by atoms with Crippen LogP contribution in [0.1, 0.15) is 33.5 Å². The fourth-order valence-corrected chi connectivity index (χ4v) is 4.22. The standard InChI is InChI=1S/C19H21BrO/c1-13-7-10-18(21-2)16(11-13)12-15-9-8-14-5-3-4-6-17(14)19(15)20/h3-7,10-11,15,19H,8-9,12H2,1-2H3. The summed E-state index contributed by atoms with van der Waals surface area (Å²) in [5.74, 6) is 1.63. The van der Waals surface area contributed by atoms with Crippen molar-refractivity contribution in [2.45, 2.75) is 31.0 Å². The van der Waals surface area contributed by atoms with Crippen molar-refractivity contribution in [2.75, 3.05) is 7.11 Å². The van der Waals surface area contributed by atoms with E-state index < -0.39 is 0 Å². The summed E-state index contributed by atoms with van der Waals surface area (Å²) in [6.07, 6.45) is 3.47. The monoisotopic (exact) mass is 344 g/mol. The molecule has 1 nitrogen and oxygen atoms in total. The van der Waals surface area contributed by atoms with Crippen LogP contribution < -0.4 is 4.74 Å². The Bertz CT molecular complexity index is 635. The van der Waals surface area contributed by atoms with Gasteiger partial charge in [0.05, 0.1) is 7.11 Å². The summed E-state index contributed by atoms with van der Waals surface area (Å²) in [7, 11) is 1.76. The molecule has 2 aromatic carbocycles. The number of aryl methyl sites for hydroxylation is 2. The molecule has 2 unspecified atom stereocenters. The van der Waals surface area contributed by atoms with E-state index in [-0.39, 0.29) is 0 Å². The molecule has 3 rings (SSSR count). The molecule has 1 aliphatic rings. The highest BCUT2D eigenvalue weighted by atomic mass is 79.9. The molecule has 2 aromatic rings. The van der Waals surface area contributed by atoms with Crippen LogP contribution in [0.25, 0.3) is 0 Å². The maximum Gasteiger partial charge on any atom is 0.122 e. The van der Waals surface area contributed by atoms with Crippen molar-refractivity contribution in [1.29, 1.82) is 0 Å². The lowest BCUT2D eigenvalue weighted by Gasteiger charge is -2.30. The Morgan fingerprint density at radius 1 is 1.19 bits per heavy atom. The van der Waals surface area contributed by atoms with E-state index in [2.05, 4.69) is 65.3 Å². The van der Waals surface area contributed by atoms with Crippen molar-refractivity contribution in [3.05, 3.63) is 64.7 Å². The Morgan fingerprint density at radius 2 is 2.00 bits per heavy atom. The molecule has 0 amide bonds. The molecular formula is C19H21BrO. The molecule has 0 bridgehead atoms. The van der Waals surface area contributed by atoms with Gasteiger partial charge in [0.25, 0.3) is 0 Å². The zero-order chi connectivity index (χ0) is 14.8. The van der Waals surface area contributed by atoms with E-state index >= 15 is 0 Å². The van der Waals surface area contributed by atoms with Gasteiger partial charge in [-0.15, -0.1) is 0 Å². The Kier molecular flexibility index (Phi) is 4.34. The molecule has 2 atom stereocenters. The molecule has 0 heterocycles. The zero-order valence-electron chi connectivity index (χ0n) is 12.6. The lowest BCUT2D eigenvalue weighted by atomic mass is 9.80. The van der Waals surface area contributed by atoms with Crippen LogP contribution in [0.3, 0.4) is 0 Å². The van der Waals surface area contributed by atoms with Gasteiger partial charge in [-0.05, 0) is 54.9 Å². The first kappa shape index (κ1) is 14.6. The molecule has 110 valence electrons. The Hall–Kier alpha value is -1.28. The van der Waals surface area contributed by atoms with Crippen molar-refractivity contribution in [2.24, 2.45) is 5.92 Å². The lowest BCUT2D eigenvalue weighted by Crippen LogP contribution is -2.19. The van der Waals surface area contributed by atoms with Crippen LogP contribution in [0.5, 0.6) is 5.75 Å². The van der Waals surface area contributed by atoms with Gasteiger partial charge < -0.3 is 4.74 Å². The maximum atomic E-state index is 5.53. The summed E-state index contributed by atoms with van der Waals surface area (Å²) in [6.45, 7) is 2.14. The summed E-state index contributed by atoms with van der Waals surface area (Å²) in [5, 5.41) is 0. The Balaban J connectivity index is 1.85. The number of ether oxygens (including phenoxy) is 1. The first-order valence-electron chi connectivity index (χ1n) is 7.54. The molecule has 0 N–H and O–H groups in total. The minimum Gasteiger partial charge on any atom is -0.496 e. The van der Waals surface area contributed by atoms with Gasteiger partial charge in [0.15, 0.2) is 0 Å². The third-order valence-corrected chi connectivity index (χ3v) is 5.71. The first-order valence-corrected chi connectivity index (χ1v) is 8.46. The van der Waals surface area contributed by atoms with Crippen molar-refractivity contribution < 1.29 is 4.74 Å². The third kappa shape index (κ3) is 3.01. The van der Waals surface area contributed by atoms with Crippen LogP contribution in [-0.4, -0.2) is 7.11 Å². The van der Waals surface area contributed by atoms with Gasteiger partial charge in [-0.25, -0.2) is 0 Å². The van der Waals surface area contributed by atoms with Gasteiger partial charge in [0.2, 0.25) is 0 Å². The van der Waals surface area contributed by atoms with E-state index in [0.29, 0.717) is 10.7 Å². The molecule has 1 aliphatic carbocycles. The predicted molar refractivity (Wildman–Crippen MR) is 91.4 cm³/mol. The maximum absolute atomic E-state index is 5.53. The minimum absolute atomic E-state index is 0.438. The fourth-order valence-electron chi connectivity index (χ4n) is 3.33. The number of hydrogen-bond acceptors (Lipinski definition) is 1. The molecule has 0 fully saturated rings. The predicted octanol–water partition coefficient (Wildman–Crippen LogP) is 5.24. The number of methoxy groups -OCH3 is 1. The number of halogens is 1. The molecular weight excluding hydrogens is 324 g/mol. The molecule has 0 aromatic heterocycles. The smallest absolute Gasteiger partial charge is 0.122 e. The highest BCUT2D eigenvalue weighted by Gasteiger charge is 2.28. The molecule has 0 saturated carbocycles. The number of benzene rings is 2. The number of fused-ring (bicyclic) bond motifs is 1. The van der Waals surface area contributed by atoms with Gasteiger partial charge >= 0.3 is 0 Å². The number of alkyl halides is 1. The molecule has 21 heavy (non-hydrogen) atoms. The number of hydrogen-bond donors (Lipinski definition) is 0. The largest absolute Gasteiger partial charge is 0.496 e. The van der Waals surface area contributed by atoms with Crippen molar-refractivity contribution >= 4 is 15.9 Å². The quantitative estimate of drug-likeness (QED) is 0.691. The SMILES string of the molecule is COc1ccc(C)cc1CC1CCc2ccccc2C1Br. The second-order valence-corrected chi connectivity index (χ2v) is 6.91. The van der Waals surface area contributed by atoms with E-state index in [1.807, 2.05) is 0 Å². The topological polar surface area (TPSA) is 9.23 Å². The van der Waals surface area contributed by atoms with E-state index in [4.69, 9.17) is 4.74 Å². The van der Waals surface area contributed by atoms with Crippen LogP contribution in [-0.2, 0) is 12.8 Å². The van der Waals surface area contributed by atoms with Crippen molar-refractivity contribution in [3.63, 3.8) is 0 Å². The van der Waals surface area contributed by atoms with Gasteiger partial charge in [-0.3, -0.25) is 0 Å². The average Bonchev–Trinajstić information content (AvgIpc) is 2.51. The molecule has 0 saturated heterocycles. The summed E-state index contributed by atoms with van der Waals surface area (Å²) in [6, 6.07) is 15.3. The van der Waals surface area contributed by atoms with Crippen molar-refractivity contribution in [3.8, 4) is 5.75 Å². The highest BCUT2D eigenvalue weighted by molar-refractivity contribution is 9.09. The Labute approximate surface area is 135 Å². The Morgan fingerprint density at radius 3 is 2.81 bits per heavy atom. The van der Waals surface area contributed by atoms with Crippen LogP contribution in [0, 0.1) is 12.8 Å². The van der Waals surface area contributed by atoms with Gasteiger partial charge in [-0.2, -0.15) is 0 Å². The first-order chi connectivity index (χ1) is 10.2. The number of rotatable bonds is 3. The molecule has 0 spiro atoms. The van der Waals surface area contributed by atoms with E-state index in [1.54, 1.807) is 7.11 Å². The normalized spacial score (nSPS) is 20.9. The third-order valence-electron chi connectivity index (χ3n) is 4.47. The second-order valence-electron chi connectivity index (χ2n) is 5.92. The fraction of sp³-hybridized carbons (Fsp3) is 0.368. The summed E-state index contributed by atoms with van der Waals surface area (Å²) in [5.41, 5.74) is 5.58. The van der Waals surface area contributed by atoms with Crippen LogP contribution in [0.4, 0.5) is 0 Å². The van der Waals surface area contributed by atoms with Crippen LogP contribution >= 0.6 is 15.9 Å². The minimum atomic E-state index is 0.438. The van der Waals surface area contributed by atoms with Gasteiger partial charge in [-0.1, -0.05) is 57.9 Å². The average molecular weight is 345 g/mol. The lowest BCUT2D eigenvalue weighted by molar-refractivity contribution is 0.396. The van der Waals surface area contributed by atoms with Crippen molar-refractivity contribution in [1.82, 2.24) is 0 Å². The molecule has 2 heteroatoms.